The van der Waals surface area contributed by atoms with Gasteiger partial charge in [0.1, 0.15) is 5.75 Å². The molecule has 0 unspecified atom stereocenters. The number of carbonyl (C=O) groups excluding carboxylic acids is 1. The molecule has 0 saturated heterocycles. The third kappa shape index (κ3) is 4.16. The molecule has 1 N–H and O–H groups in total. The zero-order valence-electron chi connectivity index (χ0n) is 14.2. The van der Waals surface area contributed by atoms with Gasteiger partial charge in [-0.3, -0.25) is 4.79 Å². The van der Waals surface area contributed by atoms with Crippen LogP contribution in [0.15, 0.2) is 54.6 Å². The van der Waals surface area contributed by atoms with E-state index in [0.29, 0.717) is 12.0 Å². The van der Waals surface area contributed by atoms with Crippen LogP contribution in [-0.4, -0.2) is 18.6 Å². The van der Waals surface area contributed by atoms with E-state index in [0.717, 1.165) is 23.3 Å². The molecule has 2 aromatic carbocycles. The molecule has 126 valence electrons. The molecular weight excluding hydrogens is 298 g/mol. The molecule has 24 heavy (non-hydrogen) atoms. The summed E-state index contributed by atoms with van der Waals surface area (Å²) in [5.74, 6) is 1.27. The van der Waals surface area contributed by atoms with Gasteiger partial charge in [0.2, 0.25) is 0 Å². The predicted octanol–water partition coefficient (Wildman–Crippen LogP) is 4.43. The highest BCUT2D eigenvalue weighted by atomic mass is 16.5. The van der Waals surface area contributed by atoms with Crippen LogP contribution in [0.4, 0.5) is 0 Å². The second-order valence-electron chi connectivity index (χ2n) is 6.59. The number of hydrogen-bond donors (Lipinski definition) is 1. The number of benzene rings is 2. The number of carbonyl (C=O) groups is 1. The molecule has 2 aromatic rings. The largest absolute Gasteiger partial charge is 0.483 e. The van der Waals surface area contributed by atoms with Crippen LogP contribution in [-0.2, 0) is 4.79 Å². The van der Waals surface area contributed by atoms with Gasteiger partial charge in [0, 0.05) is 11.6 Å². The van der Waals surface area contributed by atoms with E-state index in [1.807, 2.05) is 54.6 Å². The highest BCUT2D eigenvalue weighted by Gasteiger charge is 2.22. The van der Waals surface area contributed by atoms with Gasteiger partial charge >= 0.3 is 0 Å². The Morgan fingerprint density at radius 2 is 1.75 bits per heavy atom. The topological polar surface area (TPSA) is 38.3 Å². The van der Waals surface area contributed by atoms with Crippen LogP contribution in [0.5, 0.6) is 5.75 Å². The molecule has 0 aliphatic heterocycles. The van der Waals surface area contributed by atoms with E-state index in [1.54, 1.807) is 0 Å². The van der Waals surface area contributed by atoms with Gasteiger partial charge in [-0.15, -0.1) is 0 Å². The Morgan fingerprint density at radius 3 is 2.54 bits per heavy atom. The van der Waals surface area contributed by atoms with Crippen molar-refractivity contribution in [3.05, 3.63) is 54.6 Å². The second kappa shape index (κ2) is 8.00. The first-order chi connectivity index (χ1) is 11.7. The highest BCUT2D eigenvalue weighted by Crippen LogP contribution is 2.29. The Bertz CT molecular complexity index is 669. The van der Waals surface area contributed by atoms with Crippen molar-refractivity contribution in [2.24, 2.45) is 5.92 Å². The monoisotopic (exact) mass is 323 g/mol. The maximum absolute atomic E-state index is 12.2. The number of nitrogens with one attached hydrogen (secondary N) is 1. The molecule has 3 heteroatoms. The zero-order valence-corrected chi connectivity index (χ0v) is 14.2. The molecule has 0 aromatic heterocycles. The number of hydrogen-bond acceptors (Lipinski definition) is 2. The maximum atomic E-state index is 12.2. The first-order valence-electron chi connectivity index (χ1n) is 8.80. The molecule has 1 aliphatic rings. The van der Waals surface area contributed by atoms with Crippen molar-refractivity contribution in [3.8, 4) is 16.9 Å². The van der Waals surface area contributed by atoms with Crippen molar-refractivity contribution in [3.63, 3.8) is 0 Å². The number of para-hydroxylation sites is 1. The van der Waals surface area contributed by atoms with Crippen LogP contribution in [0, 0.1) is 5.92 Å². The van der Waals surface area contributed by atoms with Crippen molar-refractivity contribution >= 4 is 5.91 Å². The Labute approximate surface area is 144 Å². The van der Waals surface area contributed by atoms with Crippen molar-refractivity contribution in [1.82, 2.24) is 5.32 Å². The van der Waals surface area contributed by atoms with Crippen LogP contribution < -0.4 is 10.1 Å². The molecular formula is C21H25NO2. The van der Waals surface area contributed by atoms with E-state index in [1.165, 1.54) is 19.3 Å². The average molecular weight is 323 g/mol. The molecule has 1 saturated carbocycles. The first kappa shape index (κ1) is 16.6. The molecule has 0 spiro atoms. The summed E-state index contributed by atoms with van der Waals surface area (Å²) < 4.78 is 5.82. The molecule has 0 bridgehead atoms. The standard InChI is InChI=1S/C21H25NO2/c1-16-9-5-7-13-19(16)22-21(23)15-24-20-14-8-6-12-18(20)17-10-3-2-4-11-17/h2-4,6,8,10-12,14,16,19H,5,7,9,13,15H2,1H3,(H,22,23)/t16-,19+/m0/s1. The zero-order chi connectivity index (χ0) is 16.8. The number of ether oxygens (including phenoxy) is 1. The molecule has 1 amide bonds. The van der Waals surface area contributed by atoms with Crippen molar-refractivity contribution in [1.29, 1.82) is 0 Å². The van der Waals surface area contributed by atoms with Gasteiger partial charge in [0.05, 0.1) is 0 Å². The fourth-order valence-electron chi connectivity index (χ4n) is 3.37. The molecule has 0 radical (unpaired) electrons. The van der Waals surface area contributed by atoms with E-state index in [2.05, 4.69) is 12.2 Å². The first-order valence-corrected chi connectivity index (χ1v) is 8.80. The Morgan fingerprint density at radius 1 is 1.04 bits per heavy atom. The van der Waals surface area contributed by atoms with E-state index in [4.69, 9.17) is 4.74 Å². The van der Waals surface area contributed by atoms with Gasteiger partial charge in [-0.1, -0.05) is 68.3 Å². The van der Waals surface area contributed by atoms with E-state index < -0.39 is 0 Å². The van der Waals surface area contributed by atoms with Gasteiger partial charge < -0.3 is 10.1 Å². The van der Waals surface area contributed by atoms with Crippen molar-refractivity contribution < 1.29 is 9.53 Å². The van der Waals surface area contributed by atoms with Gasteiger partial charge in [-0.05, 0) is 30.4 Å². The fourth-order valence-corrected chi connectivity index (χ4v) is 3.37. The summed E-state index contributed by atoms with van der Waals surface area (Å²) in [4.78, 5) is 12.2. The highest BCUT2D eigenvalue weighted by molar-refractivity contribution is 5.78. The smallest absolute Gasteiger partial charge is 0.258 e. The van der Waals surface area contributed by atoms with Crippen LogP contribution in [0.2, 0.25) is 0 Å². The average Bonchev–Trinajstić information content (AvgIpc) is 2.63. The summed E-state index contributed by atoms with van der Waals surface area (Å²) in [7, 11) is 0. The van der Waals surface area contributed by atoms with Crippen LogP contribution >= 0.6 is 0 Å². The lowest BCUT2D eigenvalue weighted by molar-refractivity contribution is -0.124. The molecule has 3 rings (SSSR count). The third-order valence-electron chi connectivity index (χ3n) is 4.79. The van der Waals surface area contributed by atoms with Gasteiger partial charge in [0.15, 0.2) is 6.61 Å². The number of amides is 1. The van der Waals surface area contributed by atoms with Crippen LogP contribution in [0.3, 0.4) is 0 Å². The predicted molar refractivity (Wildman–Crippen MR) is 96.9 cm³/mol. The Balaban J connectivity index is 1.61. The van der Waals surface area contributed by atoms with E-state index >= 15 is 0 Å². The van der Waals surface area contributed by atoms with Crippen molar-refractivity contribution in [2.45, 2.75) is 38.6 Å². The van der Waals surface area contributed by atoms with Crippen LogP contribution in [0.25, 0.3) is 11.1 Å². The third-order valence-corrected chi connectivity index (χ3v) is 4.79. The molecule has 1 aliphatic carbocycles. The van der Waals surface area contributed by atoms with Crippen molar-refractivity contribution in [2.75, 3.05) is 6.61 Å². The summed E-state index contributed by atoms with van der Waals surface area (Å²) in [6, 6.07) is 18.2. The molecule has 0 heterocycles. The lowest BCUT2D eigenvalue weighted by Crippen LogP contribution is -2.43. The summed E-state index contributed by atoms with van der Waals surface area (Å²) in [6.07, 6.45) is 4.75. The second-order valence-corrected chi connectivity index (χ2v) is 6.59. The van der Waals surface area contributed by atoms with Gasteiger partial charge in [0.25, 0.3) is 5.91 Å². The Kier molecular flexibility index (Phi) is 5.52. The van der Waals surface area contributed by atoms with Gasteiger partial charge in [-0.25, -0.2) is 0 Å². The lowest BCUT2D eigenvalue weighted by atomic mass is 9.86. The molecule has 3 nitrogen and oxygen atoms in total. The Hall–Kier alpha value is -2.29. The summed E-state index contributed by atoms with van der Waals surface area (Å²) in [6.45, 7) is 2.28. The minimum atomic E-state index is -0.0309. The summed E-state index contributed by atoms with van der Waals surface area (Å²) in [5.41, 5.74) is 2.10. The molecule has 1 fully saturated rings. The van der Waals surface area contributed by atoms with E-state index in [-0.39, 0.29) is 12.5 Å². The quantitative estimate of drug-likeness (QED) is 0.884. The lowest BCUT2D eigenvalue weighted by Gasteiger charge is -2.29. The van der Waals surface area contributed by atoms with Gasteiger partial charge in [-0.2, -0.15) is 0 Å². The summed E-state index contributed by atoms with van der Waals surface area (Å²) in [5, 5.41) is 3.13. The van der Waals surface area contributed by atoms with E-state index in [9.17, 15) is 4.79 Å². The maximum Gasteiger partial charge on any atom is 0.258 e. The summed E-state index contributed by atoms with van der Waals surface area (Å²) >= 11 is 0. The fraction of sp³-hybridized carbons (Fsp3) is 0.381. The number of rotatable bonds is 5. The normalized spacial score (nSPS) is 20.4. The molecule has 2 atom stereocenters. The minimum Gasteiger partial charge on any atom is -0.483 e. The SMILES string of the molecule is C[C@H]1CCCC[C@H]1NC(=O)COc1ccccc1-c1ccccc1. The van der Waals surface area contributed by atoms with Crippen LogP contribution in [0.1, 0.15) is 32.6 Å². The minimum absolute atomic E-state index is 0.0309.